The highest BCUT2D eigenvalue weighted by molar-refractivity contribution is 5.99. The summed E-state index contributed by atoms with van der Waals surface area (Å²) >= 11 is 0. The molecule has 0 saturated heterocycles. The Hall–Kier alpha value is -3.62. The first-order valence-corrected chi connectivity index (χ1v) is 7.04. The molecule has 2 rings (SSSR count). The maximum atomic E-state index is 12.2. The van der Waals surface area contributed by atoms with E-state index in [2.05, 4.69) is 10.9 Å². The van der Waals surface area contributed by atoms with Crippen LogP contribution in [0.15, 0.2) is 42.5 Å². The Kier molecular flexibility index (Phi) is 5.51. The topological polar surface area (TPSA) is 120 Å². The summed E-state index contributed by atoms with van der Waals surface area (Å²) < 4.78 is 9.97. The maximum Gasteiger partial charge on any atom is 0.315 e. The van der Waals surface area contributed by atoms with Crippen LogP contribution in [-0.4, -0.2) is 31.0 Å². The van der Waals surface area contributed by atoms with Crippen molar-refractivity contribution in [3.8, 4) is 11.5 Å². The molecule has 2 amide bonds. The van der Waals surface area contributed by atoms with E-state index in [1.165, 1.54) is 20.3 Å². The van der Waals surface area contributed by atoms with Crippen LogP contribution in [0.25, 0.3) is 0 Å². The molecule has 0 bridgehead atoms. The SMILES string of the molecule is COc1cc(C(=O)NNC(=O)c2ccccc2)cc([N+](=O)[O-])c1OC. The van der Waals surface area contributed by atoms with Gasteiger partial charge in [-0.1, -0.05) is 18.2 Å². The van der Waals surface area contributed by atoms with Crippen LogP contribution >= 0.6 is 0 Å². The first-order chi connectivity index (χ1) is 12.0. The zero-order valence-corrected chi connectivity index (χ0v) is 13.4. The molecule has 0 aliphatic rings. The quantitative estimate of drug-likeness (QED) is 0.628. The molecule has 9 heteroatoms. The maximum absolute atomic E-state index is 12.2. The summed E-state index contributed by atoms with van der Waals surface area (Å²) in [6.07, 6.45) is 0. The van der Waals surface area contributed by atoms with Gasteiger partial charge in [-0.2, -0.15) is 0 Å². The molecule has 0 radical (unpaired) electrons. The minimum atomic E-state index is -0.742. The first-order valence-electron chi connectivity index (χ1n) is 7.04. The molecule has 2 aromatic carbocycles. The number of hydrogen-bond acceptors (Lipinski definition) is 6. The second-order valence-corrected chi connectivity index (χ2v) is 4.76. The Morgan fingerprint density at radius 3 is 2.08 bits per heavy atom. The van der Waals surface area contributed by atoms with E-state index in [1.807, 2.05) is 0 Å². The van der Waals surface area contributed by atoms with Gasteiger partial charge < -0.3 is 9.47 Å². The van der Waals surface area contributed by atoms with Crippen molar-refractivity contribution >= 4 is 17.5 Å². The molecule has 0 aliphatic carbocycles. The Labute approximate surface area is 142 Å². The van der Waals surface area contributed by atoms with Gasteiger partial charge in [0.15, 0.2) is 5.75 Å². The highest BCUT2D eigenvalue weighted by atomic mass is 16.6. The third-order valence-electron chi connectivity index (χ3n) is 3.24. The number of nitrogens with one attached hydrogen (secondary N) is 2. The van der Waals surface area contributed by atoms with Gasteiger partial charge in [0, 0.05) is 11.6 Å². The normalized spacial score (nSPS) is 9.84. The van der Waals surface area contributed by atoms with Crippen LogP contribution in [0.5, 0.6) is 11.5 Å². The Morgan fingerprint density at radius 1 is 0.960 bits per heavy atom. The van der Waals surface area contributed by atoms with E-state index in [9.17, 15) is 19.7 Å². The lowest BCUT2D eigenvalue weighted by Crippen LogP contribution is -2.41. The van der Waals surface area contributed by atoms with E-state index < -0.39 is 22.4 Å². The standard InChI is InChI=1S/C16H15N3O6/c1-24-13-9-11(8-12(19(22)23)14(13)25-2)16(21)18-17-15(20)10-6-4-3-5-7-10/h3-9H,1-2H3,(H,17,20)(H,18,21). The van der Waals surface area contributed by atoms with Crippen molar-refractivity contribution in [1.82, 2.24) is 10.9 Å². The highest BCUT2D eigenvalue weighted by Crippen LogP contribution is 2.37. The van der Waals surface area contributed by atoms with E-state index in [1.54, 1.807) is 30.3 Å². The van der Waals surface area contributed by atoms with Gasteiger partial charge in [0.1, 0.15) is 0 Å². The number of hydrazine groups is 1. The smallest absolute Gasteiger partial charge is 0.315 e. The molecule has 130 valence electrons. The molecule has 25 heavy (non-hydrogen) atoms. The number of nitro benzene ring substituents is 1. The summed E-state index contributed by atoms with van der Waals surface area (Å²) in [5, 5.41) is 11.1. The van der Waals surface area contributed by atoms with Gasteiger partial charge in [0.2, 0.25) is 5.75 Å². The molecular weight excluding hydrogens is 330 g/mol. The summed E-state index contributed by atoms with van der Waals surface area (Å²) in [5.74, 6) is -1.34. The zero-order chi connectivity index (χ0) is 18.4. The molecule has 0 fully saturated rings. The number of nitro groups is 1. The average Bonchev–Trinajstić information content (AvgIpc) is 2.65. The van der Waals surface area contributed by atoms with Gasteiger partial charge in [0.05, 0.1) is 24.7 Å². The molecule has 9 nitrogen and oxygen atoms in total. The van der Waals surface area contributed by atoms with Gasteiger partial charge in [-0.05, 0) is 18.2 Å². The van der Waals surface area contributed by atoms with Crippen molar-refractivity contribution in [2.24, 2.45) is 0 Å². The Balaban J connectivity index is 2.20. The summed E-state index contributed by atoms with van der Waals surface area (Å²) in [7, 11) is 2.55. The van der Waals surface area contributed by atoms with E-state index in [4.69, 9.17) is 9.47 Å². The minimum Gasteiger partial charge on any atom is -0.493 e. The number of nitrogens with zero attached hydrogens (tertiary/aromatic N) is 1. The van der Waals surface area contributed by atoms with Crippen LogP contribution in [0, 0.1) is 10.1 Å². The number of hydrogen-bond donors (Lipinski definition) is 2. The van der Waals surface area contributed by atoms with Crippen molar-refractivity contribution in [2.75, 3.05) is 14.2 Å². The predicted octanol–water partition coefficient (Wildman–Crippen LogP) is 1.69. The van der Waals surface area contributed by atoms with E-state index >= 15 is 0 Å². The largest absolute Gasteiger partial charge is 0.493 e. The monoisotopic (exact) mass is 345 g/mol. The molecule has 2 aromatic rings. The zero-order valence-electron chi connectivity index (χ0n) is 13.4. The average molecular weight is 345 g/mol. The number of ether oxygens (including phenoxy) is 2. The fourth-order valence-corrected chi connectivity index (χ4v) is 2.06. The van der Waals surface area contributed by atoms with Crippen LogP contribution in [-0.2, 0) is 0 Å². The van der Waals surface area contributed by atoms with Crippen LogP contribution in [0.1, 0.15) is 20.7 Å². The number of carbonyl (C=O) groups excluding carboxylic acids is 2. The van der Waals surface area contributed by atoms with Gasteiger partial charge in [-0.15, -0.1) is 0 Å². The number of rotatable bonds is 5. The van der Waals surface area contributed by atoms with Crippen molar-refractivity contribution in [2.45, 2.75) is 0 Å². The highest BCUT2D eigenvalue weighted by Gasteiger charge is 2.24. The lowest BCUT2D eigenvalue weighted by molar-refractivity contribution is -0.385. The molecule has 0 heterocycles. The first kappa shape index (κ1) is 17.7. The van der Waals surface area contributed by atoms with Gasteiger partial charge in [0.25, 0.3) is 11.8 Å². The van der Waals surface area contributed by atoms with Crippen molar-refractivity contribution in [1.29, 1.82) is 0 Å². The predicted molar refractivity (Wildman–Crippen MR) is 87.6 cm³/mol. The Morgan fingerprint density at radius 2 is 1.56 bits per heavy atom. The van der Waals surface area contributed by atoms with Gasteiger partial charge in [-0.25, -0.2) is 0 Å². The minimum absolute atomic E-state index is 0.0243. The lowest BCUT2D eigenvalue weighted by atomic mass is 10.1. The molecule has 2 N–H and O–H groups in total. The summed E-state index contributed by atoms with van der Waals surface area (Å²) in [4.78, 5) is 34.5. The van der Waals surface area contributed by atoms with Crippen LogP contribution in [0.2, 0.25) is 0 Å². The second kappa shape index (κ2) is 7.77. The molecule has 0 aliphatic heterocycles. The van der Waals surface area contributed by atoms with Gasteiger partial charge in [-0.3, -0.25) is 30.6 Å². The fraction of sp³-hybridized carbons (Fsp3) is 0.125. The Bertz CT molecular complexity index is 807. The molecular formula is C16H15N3O6. The fourth-order valence-electron chi connectivity index (χ4n) is 2.06. The van der Waals surface area contributed by atoms with Crippen molar-refractivity contribution in [3.05, 3.63) is 63.7 Å². The second-order valence-electron chi connectivity index (χ2n) is 4.76. The summed E-state index contributed by atoms with van der Waals surface area (Å²) in [5.41, 5.74) is 4.27. The molecule has 0 aromatic heterocycles. The lowest BCUT2D eigenvalue weighted by Gasteiger charge is -2.11. The third-order valence-corrected chi connectivity index (χ3v) is 3.24. The number of benzene rings is 2. The van der Waals surface area contributed by atoms with Crippen molar-refractivity contribution in [3.63, 3.8) is 0 Å². The summed E-state index contributed by atoms with van der Waals surface area (Å²) in [6, 6.07) is 10.5. The third kappa shape index (κ3) is 4.02. The number of amides is 2. The molecule has 0 spiro atoms. The molecule has 0 unspecified atom stereocenters. The van der Waals surface area contributed by atoms with E-state index in [0.717, 1.165) is 6.07 Å². The van der Waals surface area contributed by atoms with Crippen LogP contribution in [0.4, 0.5) is 5.69 Å². The van der Waals surface area contributed by atoms with E-state index in [0.29, 0.717) is 5.56 Å². The summed E-state index contributed by atoms with van der Waals surface area (Å²) in [6.45, 7) is 0. The van der Waals surface area contributed by atoms with Crippen molar-refractivity contribution < 1.29 is 24.0 Å². The number of methoxy groups -OCH3 is 2. The molecule has 0 saturated carbocycles. The van der Waals surface area contributed by atoms with Crippen LogP contribution in [0.3, 0.4) is 0 Å². The molecule has 0 atom stereocenters. The van der Waals surface area contributed by atoms with Crippen LogP contribution < -0.4 is 20.3 Å². The van der Waals surface area contributed by atoms with Gasteiger partial charge >= 0.3 is 5.69 Å². The van der Waals surface area contributed by atoms with E-state index in [-0.39, 0.29) is 17.1 Å². The number of carbonyl (C=O) groups is 2.